The zero-order chi connectivity index (χ0) is 24.0. The van der Waals surface area contributed by atoms with E-state index in [0.29, 0.717) is 11.3 Å². The molecule has 0 unspecified atom stereocenters. The number of benzene rings is 1. The molecule has 0 fully saturated rings. The molecule has 0 aromatic heterocycles. The molecule has 1 rings (SSSR count). The molecule has 1 amide bonds. The van der Waals surface area contributed by atoms with E-state index in [-0.39, 0.29) is 6.61 Å². The summed E-state index contributed by atoms with van der Waals surface area (Å²) in [5.41, 5.74) is -1.63. The second-order valence-electron chi connectivity index (χ2n) is 9.28. The van der Waals surface area contributed by atoms with Gasteiger partial charge in [-0.2, -0.15) is 24.9 Å². The molecule has 9 heteroatoms. The van der Waals surface area contributed by atoms with Crippen LogP contribution in [-0.2, 0) is 20.4 Å². The molecular weight excluding hydrogens is 431 g/mol. The molecule has 0 aliphatic carbocycles. The van der Waals surface area contributed by atoms with Crippen LogP contribution in [0, 0.1) is 5.41 Å². The molecule has 0 aliphatic heterocycles. The Kier molecular flexibility index (Phi) is 9.29. The third-order valence-corrected chi connectivity index (χ3v) is 4.90. The van der Waals surface area contributed by atoms with Crippen LogP contribution in [0.4, 0.5) is 18.0 Å². The summed E-state index contributed by atoms with van der Waals surface area (Å²) in [6.07, 6.45) is -3.28. The monoisotopic (exact) mass is 463 g/mol. The standard InChI is InChI=1S/C22H32F3NO4S/c1-20(2,3)18(27)29-12-17(26-19(28)30-21(4,5)6)16(13-31-7)14-8-10-15(11-9-14)22(23,24)25/h8-11,16-17H,12-13H2,1-7H3,(H,26,28)/t16-,17-/m0/s1. The molecule has 0 saturated carbocycles. The molecule has 0 saturated heterocycles. The number of esters is 1. The van der Waals surface area contributed by atoms with Crippen LogP contribution >= 0.6 is 11.8 Å². The van der Waals surface area contributed by atoms with Gasteiger partial charge in [0, 0.05) is 11.7 Å². The number of amides is 1. The van der Waals surface area contributed by atoms with E-state index in [2.05, 4.69) is 5.32 Å². The number of alkyl carbamates (subject to hydrolysis) is 1. The highest BCUT2D eigenvalue weighted by atomic mass is 32.2. The average Bonchev–Trinajstić information content (AvgIpc) is 2.60. The minimum atomic E-state index is -4.44. The Hall–Kier alpha value is -1.90. The molecule has 0 heterocycles. The van der Waals surface area contributed by atoms with Crippen LogP contribution in [-0.4, -0.2) is 42.3 Å². The van der Waals surface area contributed by atoms with Crippen molar-refractivity contribution in [1.82, 2.24) is 5.32 Å². The van der Waals surface area contributed by atoms with Crippen molar-refractivity contribution in [3.63, 3.8) is 0 Å². The van der Waals surface area contributed by atoms with Crippen molar-refractivity contribution in [3.05, 3.63) is 35.4 Å². The van der Waals surface area contributed by atoms with Crippen molar-refractivity contribution in [2.45, 2.75) is 65.3 Å². The van der Waals surface area contributed by atoms with Crippen LogP contribution in [0.5, 0.6) is 0 Å². The van der Waals surface area contributed by atoms with E-state index in [1.165, 1.54) is 23.9 Å². The Balaban J connectivity index is 3.19. The van der Waals surface area contributed by atoms with Crippen LogP contribution in [0.25, 0.3) is 0 Å². The van der Waals surface area contributed by atoms with E-state index in [1.54, 1.807) is 41.5 Å². The maximum atomic E-state index is 12.9. The average molecular weight is 464 g/mol. The highest BCUT2D eigenvalue weighted by Gasteiger charge is 2.33. The van der Waals surface area contributed by atoms with E-state index < -0.39 is 46.8 Å². The van der Waals surface area contributed by atoms with Gasteiger partial charge in [-0.1, -0.05) is 12.1 Å². The van der Waals surface area contributed by atoms with E-state index in [9.17, 15) is 22.8 Å². The van der Waals surface area contributed by atoms with Gasteiger partial charge in [-0.3, -0.25) is 4.79 Å². The van der Waals surface area contributed by atoms with Crippen molar-refractivity contribution < 1.29 is 32.2 Å². The van der Waals surface area contributed by atoms with E-state index in [4.69, 9.17) is 9.47 Å². The maximum Gasteiger partial charge on any atom is 0.416 e. The summed E-state index contributed by atoms with van der Waals surface area (Å²) >= 11 is 1.47. The lowest BCUT2D eigenvalue weighted by atomic mass is 9.92. The third kappa shape index (κ3) is 9.41. The first-order valence-electron chi connectivity index (χ1n) is 9.87. The van der Waals surface area contributed by atoms with E-state index >= 15 is 0 Å². The number of carbonyl (C=O) groups is 2. The Bertz CT molecular complexity index is 737. The predicted octanol–water partition coefficient (Wildman–Crippen LogP) is 5.63. The molecule has 0 aliphatic rings. The van der Waals surface area contributed by atoms with Gasteiger partial charge < -0.3 is 14.8 Å². The molecule has 176 valence electrons. The summed E-state index contributed by atoms with van der Waals surface area (Å²) in [5, 5.41) is 2.73. The highest BCUT2D eigenvalue weighted by molar-refractivity contribution is 7.98. The lowest BCUT2D eigenvalue weighted by Gasteiger charge is -2.30. The van der Waals surface area contributed by atoms with Crippen LogP contribution in [0.1, 0.15) is 58.6 Å². The molecular formula is C22H32F3NO4S. The van der Waals surface area contributed by atoms with Gasteiger partial charge in [-0.05, 0) is 65.5 Å². The highest BCUT2D eigenvalue weighted by Crippen LogP contribution is 2.32. The lowest BCUT2D eigenvalue weighted by molar-refractivity contribution is -0.153. The SMILES string of the molecule is CSC[C@@H](c1ccc(C(F)(F)F)cc1)[C@H](COC(=O)C(C)(C)C)NC(=O)OC(C)(C)C. The number of nitrogens with one attached hydrogen (secondary N) is 1. The molecule has 31 heavy (non-hydrogen) atoms. The fourth-order valence-corrected chi connectivity index (χ4v) is 3.43. The van der Waals surface area contributed by atoms with Gasteiger partial charge in [-0.15, -0.1) is 0 Å². The molecule has 0 bridgehead atoms. The smallest absolute Gasteiger partial charge is 0.416 e. The van der Waals surface area contributed by atoms with Crippen molar-refractivity contribution in [3.8, 4) is 0 Å². The largest absolute Gasteiger partial charge is 0.463 e. The fourth-order valence-electron chi connectivity index (χ4n) is 2.64. The number of carbonyl (C=O) groups excluding carboxylic acids is 2. The lowest BCUT2D eigenvalue weighted by Crippen LogP contribution is -2.46. The van der Waals surface area contributed by atoms with Crippen molar-refractivity contribution in [2.24, 2.45) is 5.41 Å². The summed E-state index contributed by atoms with van der Waals surface area (Å²) in [6, 6.07) is 4.10. The summed E-state index contributed by atoms with van der Waals surface area (Å²) in [5.74, 6) is -0.366. The second kappa shape index (κ2) is 10.6. The van der Waals surface area contributed by atoms with Crippen LogP contribution < -0.4 is 5.32 Å². The van der Waals surface area contributed by atoms with Crippen molar-refractivity contribution >= 4 is 23.8 Å². The Morgan fingerprint density at radius 3 is 2.00 bits per heavy atom. The van der Waals surface area contributed by atoms with Gasteiger partial charge >= 0.3 is 18.2 Å². The number of rotatable bonds is 7. The Labute approximate surface area is 186 Å². The number of ether oxygens (including phenoxy) is 2. The van der Waals surface area contributed by atoms with Crippen LogP contribution in [0.2, 0.25) is 0 Å². The van der Waals surface area contributed by atoms with E-state index in [1.807, 2.05) is 6.26 Å². The van der Waals surface area contributed by atoms with Crippen LogP contribution in [0.15, 0.2) is 24.3 Å². The molecule has 1 aromatic rings. The summed E-state index contributed by atoms with van der Waals surface area (Å²) in [4.78, 5) is 24.7. The number of hydrogen-bond donors (Lipinski definition) is 1. The quantitative estimate of drug-likeness (QED) is 0.531. The first-order chi connectivity index (χ1) is 14.0. The number of alkyl halides is 3. The normalized spacial score (nSPS) is 14.5. The van der Waals surface area contributed by atoms with E-state index in [0.717, 1.165) is 12.1 Å². The predicted molar refractivity (Wildman–Crippen MR) is 116 cm³/mol. The van der Waals surface area contributed by atoms with Gasteiger partial charge in [0.05, 0.1) is 17.0 Å². The molecule has 1 N–H and O–H groups in total. The molecule has 5 nitrogen and oxygen atoms in total. The van der Waals surface area contributed by atoms with Crippen molar-refractivity contribution in [2.75, 3.05) is 18.6 Å². The number of halogens is 3. The summed E-state index contributed by atoms with van der Waals surface area (Å²) < 4.78 is 49.6. The Morgan fingerprint density at radius 2 is 1.58 bits per heavy atom. The van der Waals surface area contributed by atoms with Gasteiger partial charge in [0.1, 0.15) is 12.2 Å². The van der Waals surface area contributed by atoms with Crippen molar-refractivity contribution in [1.29, 1.82) is 0 Å². The maximum absolute atomic E-state index is 12.9. The molecule has 2 atom stereocenters. The second-order valence-corrected chi connectivity index (χ2v) is 10.2. The fraction of sp³-hybridized carbons (Fsp3) is 0.636. The minimum absolute atomic E-state index is 0.137. The molecule has 0 spiro atoms. The first-order valence-corrected chi connectivity index (χ1v) is 11.3. The number of thioether (sulfide) groups is 1. The van der Waals surface area contributed by atoms with Gasteiger partial charge in [0.25, 0.3) is 0 Å². The third-order valence-electron chi connectivity index (χ3n) is 4.21. The molecule has 0 radical (unpaired) electrons. The number of hydrogen-bond acceptors (Lipinski definition) is 5. The first kappa shape index (κ1) is 27.1. The topological polar surface area (TPSA) is 64.6 Å². The van der Waals surface area contributed by atoms with Crippen LogP contribution in [0.3, 0.4) is 0 Å². The summed E-state index contributed by atoms with van der Waals surface area (Å²) in [6.45, 7) is 10.1. The van der Waals surface area contributed by atoms with Gasteiger partial charge in [0.15, 0.2) is 0 Å². The van der Waals surface area contributed by atoms with Gasteiger partial charge in [0.2, 0.25) is 0 Å². The summed E-state index contributed by atoms with van der Waals surface area (Å²) in [7, 11) is 0. The Morgan fingerprint density at radius 1 is 1.03 bits per heavy atom. The van der Waals surface area contributed by atoms with Gasteiger partial charge in [-0.25, -0.2) is 4.79 Å². The zero-order valence-corrected chi connectivity index (χ0v) is 19.9. The minimum Gasteiger partial charge on any atom is -0.463 e. The molecule has 1 aromatic carbocycles. The zero-order valence-electron chi connectivity index (χ0n) is 19.1.